The number of ether oxygens (including phenoxy) is 2. The van der Waals surface area contributed by atoms with Crippen LogP contribution in [0, 0.1) is 6.92 Å². The van der Waals surface area contributed by atoms with Crippen LogP contribution >= 0.6 is 11.8 Å². The second kappa shape index (κ2) is 10.7. The van der Waals surface area contributed by atoms with Crippen molar-refractivity contribution in [1.82, 2.24) is 4.98 Å². The van der Waals surface area contributed by atoms with E-state index in [-0.39, 0.29) is 5.88 Å². The van der Waals surface area contributed by atoms with Crippen molar-refractivity contribution in [2.24, 2.45) is 0 Å². The van der Waals surface area contributed by atoms with Crippen LogP contribution in [0.4, 0.5) is 13.2 Å². The Labute approximate surface area is 209 Å². The lowest BCUT2D eigenvalue weighted by Crippen LogP contribution is -2.09. The maximum absolute atomic E-state index is 12.9. The highest BCUT2D eigenvalue weighted by molar-refractivity contribution is 7.99. The van der Waals surface area contributed by atoms with Gasteiger partial charge in [0.15, 0.2) is 6.61 Å². The van der Waals surface area contributed by atoms with Crippen molar-refractivity contribution in [1.29, 1.82) is 0 Å². The molecule has 1 N–H and O–H groups in total. The number of carbonyl (C=O) groups is 1. The highest BCUT2D eigenvalue weighted by Gasteiger charge is 2.30. The smallest absolute Gasteiger partial charge is 0.417 e. The molecule has 0 fully saturated rings. The van der Waals surface area contributed by atoms with E-state index in [1.807, 2.05) is 55.5 Å². The summed E-state index contributed by atoms with van der Waals surface area (Å²) in [5.74, 6) is -0.109. The third-order valence-corrected chi connectivity index (χ3v) is 5.97. The van der Waals surface area contributed by atoms with Crippen LogP contribution in [0.3, 0.4) is 0 Å². The second-order valence-electron chi connectivity index (χ2n) is 7.76. The van der Waals surface area contributed by atoms with Crippen LogP contribution < -0.4 is 9.47 Å². The van der Waals surface area contributed by atoms with E-state index in [4.69, 9.17) is 14.6 Å². The van der Waals surface area contributed by atoms with Gasteiger partial charge in [0.25, 0.3) is 0 Å². The molecule has 0 aliphatic rings. The fraction of sp³-hybridized carbons (Fsp3) is 0.111. The fourth-order valence-electron chi connectivity index (χ4n) is 3.34. The predicted molar refractivity (Wildman–Crippen MR) is 130 cm³/mol. The number of benzene rings is 3. The average Bonchev–Trinajstić information content (AvgIpc) is 2.83. The Kier molecular flexibility index (Phi) is 7.49. The molecule has 1 heterocycles. The molecule has 0 amide bonds. The summed E-state index contributed by atoms with van der Waals surface area (Å²) in [6.07, 6.45) is -3.74. The minimum atomic E-state index is -4.48. The summed E-state index contributed by atoms with van der Waals surface area (Å²) < 4.78 is 49.7. The number of carboxylic acid groups (broad SMARTS) is 1. The number of nitrogens with zero attached hydrogens (tertiary/aromatic N) is 1. The summed E-state index contributed by atoms with van der Waals surface area (Å²) in [7, 11) is 0. The maximum Gasteiger partial charge on any atom is 0.417 e. The molecule has 0 saturated carbocycles. The Hall–Kier alpha value is -3.98. The molecule has 0 radical (unpaired) electrons. The number of aromatic nitrogens is 1. The molecular weight excluding hydrogens is 491 g/mol. The van der Waals surface area contributed by atoms with Gasteiger partial charge in [0.2, 0.25) is 5.88 Å². The fourth-order valence-corrected chi connectivity index (χ4v) is 4.34. The number of hydrogen-bond donors (Lipinski definition) is 1. The first-order chi connectivity index (χ1) is 17.2. The van der Waals surface area contributed by atoms with E-state index in [9.17, 15) is 18.0 Å². The summed E-state index contributed by atoms with van der Waals surface area (Å²) in [5, 5.41) is 8.82. The van der Waals surface area contributed by atoms with Gasteiger partial charge in [-0.3, -0.25) is 0 Å². The van der Waals surface area contributed by atoms with E-state index in [0.717, 1.165) is 38.7 Å². The summed E-state index contributed by atoms with van der Waals surface area (Å²) in [6.45, 7) is 1.40. The van der Waals surface area contributed by atoms with Crippen molar-refractivity contribution in [2.45, 2.75) is 22.9 Å². The lowest BCUT2D eigenvalue weighted by molar-refractivity contribution is -0.139. The van der Waals surface area contributed by atoms with Crippen molar-refractivity contribution < 1.29 is 32.5 Å². The van der Waals surface area contributed by atoms with Gasteiger partial charge in [-0.2, -0.15) is 13.2 Å². The van der Waals surface area contributed by atoms with Crippen LogP contribution in [0.5, 0.6) is 17.4 Å². The standard InChI is InChI=1S/C27H20F3NO4S/c1-17-11-22(8-9-24(17)34-16-26(32)33)36-23-13-19(18-5-3-2-4-6-18)12-21(14-23)35-25-10-7-20(15-31-25)27(28,29)30/h2-15H,16H2,1H3,(H,32,33). The Balaban J connectivity index is 1.62. The van der Waals surface area contributed by atoms with Crippen LogP contribution in [-0.2, 0) is 11.0 Å². The first kappa shape index (κ1) is 25.1. The number of hydrogen-bond acceptors (Lipinski definition) is 5. The maximum atomic E-state index is 12.9. The number of halogens is 3. The van der Waals surface area contributed by atoms with Crippen LogP contribution in [0.2, 0.25) is 0 Å². The topological polar surface area (TPSA) is 68.7 Å². The zero-order valence-corrected chi connectivity index (χ0v) is 19.8. The van der Waals surface area contributed by atoms with Crippen LogP contribution in [-0.4, -0.2) is 22.7 Å². The molecule has 0 atom stereocenters. The van der Waals surface area contributed by atoms with Crippen molar-refractivity contribution >= 4 is 17.7 Å². The Morgan fingerprint density at radius 2 is 1.72 bits per heavy atom. The van der Waals surface area contributed by atoms with Crippen LogP contribution in [0.1, 0.15) is 11.1 Å². The largest absolute Gasteiger partial charge is 0.482 e. The minimum absolute atomic E-state index is 0.0416. The summed E-state index contributed by atoms with van der Waals surface area (Å²) in [6, 6.07) is 22.7. The first-order valence-electron chi connectivity index (χ1n) is 10.7. The van der Waals surface area contributed by atoms with Crippen LogP contribution in [0.15, 0.2) is 94.9 Å². The molecule has 5 nitrogen and oxygen atoms in total. The van der Waals surface area contributed by atoms with Gasteiger partial charge in [0.1, 0.15) is 11.5 Å². The van der Waals surface area contributed by atoms with Gasteiger partial charge < -0.3 is 14.6 Å². The third kappa shape index (κ3) is 6.57. The van der Waals surface area contributed by atoms with E-state index in [1.54, 1.807) is 18.2 Å². The number of carboxylic acids is 1. The molecule has 4 aromatic rings. The molecule has 0 saturated heterocycles. The number of pyridine rings is 1. The molecule has 3 aromatic carbocycles. The molecule has 1 aromatic heterocycles. The molecule has 9 heteroatoms. The minimum Gasteiger partial charge on any atom is -0.482 e. The van der Waals surface area contributed by atoms with E-state index < -0.39 is 24.3 Å². The van der Waals surface area contributed by atoms with E-state index in [2.05, 4.69) is 4.98 Å². The number of rotatable bonds is 8. The zero-order valence-electron chi connectivity index (χ0n) is 19.0. The molecule has 0 spiro atoms. The summed E-state index contributed by atoms with van der Waals surface area (Å²) in [4.78, 5) is 16.3. The molecule has 4 rings (SSSR count). The normalized spacial score (nSPS) is 11.2. The third-order valence-electron chi connectivity index (χ3n) is 5.01. The monoisotopic (exact) mass is 511 g/mol. The Morgan fingerprint density at radius 1 is 0.944 bits per heavy atom. The van der Waals surface area contributed by atoms with Gasteiger partial charge in [-0.25, -0.2) is 9.78 Å². The van der Waals surface area contributed by atoms with Gasteiger partial charge in [0.05, 0.1) is 5.56 Å². The molecule has 0 unspecified atom stereocenters. The van der Waals surface area contributed by atoms with E-state index >= 15 is 0 Å². The van der Waals surface area contributed by atoms with Crippen molar-refractivity contribution in [3.05, 3.63) is 96.2 Å². The first-order valence-corrected chi connectivity index (χ1v) is 11.5. The SMILES string of the molecule is Cc1cc(Sc2cc(Oc3ccc(C(F)(F)F)cn3)cc(-c3ccccc3)c2)ccc1OCC(=O)O. The Morgan fingerprint density at radius 3 is 2.36 bits per heavy atom. The molecule has 0 bridgehead atoms. The summed E-state index contributed by atoms with van der Waals surface area (Å²) >= 11 is 1.45. The number of aryl methyl sites for hydroxylation is 1. The van der Waals surface area contributed by atoms with Crippen molar-refractivity contribution in [2.75, 3.05) is 6.61 Å². The predicted octanol–water partition coefficient (Wildman–Crippen LogP) is 7.48. The average molecular weight is 512 g/mol. The second-order valence-corrected chi connectivity index (χ2v) is 8.90. The van der Waals surface area contributed by atoms with Crippen LogP contribution in [0.25, 0.3) is 11.1 Å². The molecule has 0 aliphatic heterocycles. The lowest BCUT2D eigenvalue weighted by Gasteiger charge is -2.13. The van der Waals surface area contributed by atoms with Gasteiger partial charge in [-0.05, 0) is 66.1 Å². The zero-order chi connectivity index (χ0) is 25.7. The van der Waals surface area contributed by atoms with Gasteiger partial charge in [0, 0.05) is 22.1 Å². The Bertz CT molecular complexity index is 1360. The lowest BCUT2D eigenvalue weighted by atomic mass is 10.1. The quantitative estimate of drug-likeness (QED) is 0.264. The van der Waals surface area contributed by atoms with Gasteiger partial charge in [-0.1, -0.05) is 42.1 Å². The highest BCUT2D eigenvalue weighted by Crippen LogP contribution is 2.37. The summed E-state index contributed by atoms with van der Waals surface area (Å²) in [5.41, 5.74) is 1.74. The molecular formula is C27H20F3NO4S. The number of alkyl halides is 3. The van der Waals surface area contributed by atoms with Gasteiger partial charge in [-0.15, -0.1) is 0 Å². The van der Waals surface area contributed by atoms with Gasteiger partial charge >= 0.3 is 12.1 Å². The van der Waals surface area contributed by atoms with E-state index in [1.165, 1.54) is 17.8 Å². The molecule has 184 valence electrons. The highest BCUT2D eigenvalue weighted by atomic mass is 32.2. The van der Waals surface area contributed by atoms with Crippen molar-refractivity contribution in [3.8, 4) is 28.5 Å². The van der Waals surface area contributed by atoms with E-state index in [0.29, 0.717) is 11.5 Å². The van der Waals surface area contributed by atoms with Crippen molar-refractivity contribution in [3.63, 3.8) is 0 Å². The number of aliphatic carboxylic acids is 1. The molecule has 0 aliphatic carbocycles. The molecule has 36 heavy (non-hydrogen) atoms.